The quantitative estimate of drug-likeness (QED) is 0.906. The zero-order valence-electron chi connectivity index (χ0n) is 13.5. The molecule has 1 atom stereocenters. The summed E-state index contributed by atoms with van der Waals surface area (Å²) in [7, 11) is 1.65. The molecule has 2 heteroatoms. The zero-order chi connectivity index (χ0) is 15.6. The van der Waals surface area contributed by atoms with Crippen molar-refractivity contribution in [1.82, 2.24) is 0 Å². The van der Waals surface area contributed by atoms with Crippen molar-refractivity contribution in [3.63, 3.8) is 0 Å². The van der Waals surface area contributed by atoms with Crippen LogP contribution in [-0.2, 0) is 5.41 Å². The van der Waals surface area contributed by atoms with Crippen LogP contribution in [0.5, 0.6) is 5.75 Å². The van der Waals surface area contributed by atoms with E-state index in [1.165, 1.54) is 5.56 Å². The summed E-state index contributed by atoms with van der Waals surface area (Å²) in [4.78, 5) is 0. The lowest BCUT2D eigenvalue weighted by atomic mass is 9.81. The first-order valence-corrected chi connectivity index (χ1v) is 7.26. The van der Waals surface area contributed by atoms with E-state index in [2.05, 4.69) is 26.8 Å². The van der Waals surface area contributed by atoms with Crippen LogP contribution < -0.4 is 4.74 Å². The molecule has 112 valence electrons. The summed E-state index contributed by atoms with van der Waals surface area (Å²) in [6.07, 6.45) is -0.619. The summed E-state index contributed by atoms with van der Waals surface area (Å²) in [5, 5.41) is 10.8. The van der Waals surface area contributed by atoms with Gasteiger partial charge in [-0.15, -0.1) is 0 Å². The van der Waals surface area contributed by atoms with E-state index in [0.29, 0.717) is 0 Å². The number of aliphatic hydroxyl groups is 1. The van der Waals surface area contributed by atoms with E-state index >= 15 is 0 Å². The van der Waals surface area contributed by atoms with E-state index in [-0.39, 0.29) is 5.41 Å². The maximum atomic E-state index is 10.8. The fraction of sp³-hybridized carbons (Fsp3) is 0.368. The molecule has 0 aliphatic heterocycles. The van der Waals surface area contributed by atoms with Crippen molar-refractivity contribution in [2.24, 2.45) is 0 Å². The molecule has 1 N–H and O–H groups in total. The first-order valence-electron chi connectivity index (χ1n) is 7.26. The molecule has 2 aromatic rings. The second-order valence-corrected chi connectivity index (χ2v) is 6.46. The number of rotatable bonds is 3. The fourth-order valence-corrected chi connectivity index (χ4v) is 2.67. The topological polar surface area (TPSA) is 29.5 Å². The van der Waals surface area contributed by atoms with Gasteiger partial charge in [0.1, 0.15) is 11.9 Å². The Balaban J connectivity index is 2.48. The van der Waals surface area contributed by atoms with E-state index in [1.807, 2.05) is 43.3 Å². The molecule has 0 heterocycles. The Morgan fingerprint density at radius 3 is 2.24 bits per heavy atom. The highest BCUT2D eigenvalue weighted by Crippen LogP contribution is 2.34. The third-order valence-electron chi connectivity index (χ3n) is 3.83. The van der Waals surface area contributed by atoms with Gasteiger partial charge < -0.3 is 9.84 Å². The summed E-state index contributed by atoms with van der Waals surface area (Å²) in [5.74, 6) is 0.813. The molecular weight excluding hydrogens is 260 g/mol. The van der Waals surface area contributed by atoms with Crippen LogP contribution in [-0.4, -0.2) is 12.2 Å². The first-order chi connectivity index (χ1) is 9.84. The van der Waals surface area contributed by atoms with Gasteiger partial charge in [0, 0.05) is 0 Å². The van der Waals surface area contributed by atoms with Crippen molar-refractivity contribution < 1.29 is 9.84 Å². The lowest BCUT2D eigenvalue weighted by Gasteiger charge is -2.26. The second kappa shape index (κ2) is 5.90. The van der Waals surface area contributed by atoms with Gasteiger partial charge in [0.2, 0.25) is 0 Å². The summed E-state index contributed by atoms with van der Waals surface area (Å²) in [6.45, 7) is 8.50. The molecule has 0 saturated carbocycles. The molecular formula is C19H24O2. The average Bonchev–Trinajstić information content (AvgIpc) is 2.45. The maximum absolute atomic E-state index is 10.8. The van der Waals surface area contributed by atoms with Crippen LogP contribution in [0.15, 0.2) is 42.5 Å². The Kier molecular flexibility index (Phi) is 4.38. The largest absolute Gasteiger partial charge is 0.497 e. The van der Waals surface area contributed by atoms with Crippen molar-refractivity contribution in [1.29, 1.82) is 0 Å². The molecule has 0 saturated heterocycles. The fourth-order valence-electron chi connectivity index (χ4n) is 2.67. The second-order valence-electron chi connectivity index (χ2n) is 6.46. The molecule has 0 aliphatic carbocycles. The van der Waals surface area contributed by atoms with E-state index in [4.69, 9.17) is 4.74 Å². The molecule has 0 spiro atoms. The number of methoxy groups -OCH3 is 1. The van der Waals surface area contributed by atoms with Crippen molar-refractivity contribution >= 4 is 0 Å². The summed E-state index contributed by atoms with van der Waals surface area (Å²) < 4.78 is 5.23. The van der Waals surface area contributed by atoms with Gasteiger partial charge in [-0.05, 0) is 46.7 Å². The average molecular weight is 284 g/mol. The number of hydrogen-bond donors (Lipinski definition) is 1. The maximum Gasteiger partial charge on any atom is 0.119 e. The molecule has 0 aliphatic rings. The highest BCUT2D eigenvalue weighted by atomic mass is 16.5. The van der Waals surface area contributed by atoms with Crippen LogP contribution >= 0.6 is 0 Å². The summed E-state index contributed by atoms with van der Waals surface area (Å²) in [5.41, 5.74) is 4.10. The minimum atomic E-state index is -0.619. The van der Waals surface area contributed by atoms with Crippen LogP contribution in [0.3, 0.4) is 0 Å². The molecule has 0 bridgehead atoms. The Labute approximate surface area is 127 Å². The minimum absolute atomic E-state index is 0.00204. The third kappa shape index (κ3) is 3.27. The number of aryl methyl sites for hydroxylation is 1. The van der Waals surface area contributed by atoms with E-state index < -0.39 is 6.10 Å². The molecule has 21 heavy (non-hydrogen) atoms. The van der Waals surface area contributed by atoms with Crippen LogP contribution in [0.4, 0.5) is 0 Å². The molecule has 2 nitrogen and oxygen atoms in total. The minimum Gasteiger partial charge on any atom is -0.497 e. The van der Waals surface area contributed by atoms with Crippen molar-refractivity contribution in [3.8, 4) is 5.75 Å². The molecule has 0 fully saturated rings. The molecule has 1 unspecified atom stereocenters. The number of benzene rings is 2. The summed E-state index contributed by atoms with van der Waals surface area (Å²) >= 11 is 0. The highest BCUT2D eigenvalue weighted by Gasteiger charge is 2.23. The van der Waals surface area contributed by atoms with Crippen LogP contribution in [0, 0.1) is 6.92 Å². The monoisotopic (exact) mass is 284 g/mol. The molecule has 2 rings (SSSR count). The van der Waals surface area contributed by atoms with Crippen molar-refractivity contribution in [2.75, 3.05) is 7.11 Å². The molecule has 2 aromatic carbocycles. The summed E-state index contributed by atoms with van der Waals surface area (Å²) in [6, 6.07) is 13.9. The number of ether oxygens (including phenoxy) is 1. The zero-order valence-corrected chi connectivity index (χ0v) is 13.5. The van der Waals surface area contributed by atoms with Gasteiger partial charge in [-0.2, -0.15) is 0 Å². The number of aliphatic hydroxyl groups excluding tert-OH is 1. The van der Waals surface area contributed by atoms with Gasteiger partial charge in [0.25, 0.3) is 0 Å². The Morgan fingerprint density at radius 2 is 1.67 bits per heavy atom. The standard InChI is InChI=1S/C19H24O2/c1-13-12-14(21-5)10-11-15(13)18(20)16-8-6-7-9-17(16)19(2,3)4/h6-12,18,20H,1-5H3. The van der Waals surface area contributed by atoms with Crippen LogP contribution in [0.25, 0.3) is 0 Å². The van der Waals surface area contributed by atoms with Gasteiger partial charge >= 0.3 is 0 Å². The van der Waals surface area contributed by atoms with Gasteiger partial charge in [0.15, 0.2) is 0 Å². The predicted molar refractivity (Wildman–Crippen MR) is 86.9 cm³/mol. The van der Waals surface area contributed by atoms with Gasteiger partial charge in [-0.1, -0.05) is 51.1 Å². The van der Waals surface area contributed by atoms with Crippen molar-refractivity contribution in [3.05, 3.63) is 64.7 Å². The molecule has 0 amide bonds. The van der Waals surface area contributed by atoms with Crippen molar-refractivity contribution in [2.45, 2.75) is 39.2 Å². The van der Waals surface area contributed by atoms with Crippen LogP contribution in [0.2, 0.25) is 0 Å². The van der Waals surface area contributed by atoms with Gasteiger partial charge in [0.05, 0.1) is 7.11 Å². The van der Waals surface area contributed by atoms with Gasteiger partial charge in [-0.3, -0.25) is 0 Å². The smallest absolute Gasteiger partial charge is 0.119 e. The van der Waals surface area contributed by atoms with E-state index in [9.17, 15) is 5.11 Å². The Hall–Kier alpha value is -1.80. The lowest BCUT2D eigenvalue weighted by Crippen LogP contribution is -2.16. The lowest BCUT2D eigenvalue weighted by molar-refractivity contribution is 0.216. The Morgan fingerprint density at radius 1 is 1.00 bits per heavy atom. The van der Waals surface area contributed by atoms with E-state index in [1.54, 1.807) is 7.11 Å². The van der Waals surface area contributed by atoms with Crippen LogP contribution in [0.1, 0.15) is 49.1 Å². The normalized spacial score (nSPS) is 13.0. The first kappa shape index (κ1) is 15.6. The highest BCUT2D eigenvalue weighted by molar-refractivity contribution is 5.44. The third-order valence-corrected chi connectivity index (χ3v) is 3.83. The van der Waals surface area contributed by atoms with Gasteiger partial charge in [-0.25, -0.2) is 0 Å². The van der Waals surface area contributed by atoms with E-state index in [0.717, 1.165) is 22.4 Å². The number of hydrogen-bond acceptors (Lipinski definition) is 2. The predicted octanol–water partition coefficient (Wildman–Crippen LogP) is 4.38. The molecule has 0 aromatic heterocycles. The SMILES string of the molecule is COc1ccc(C(O)c2ccccc2C(C)(C)C)c(C)c1. The molecule has 0 radical (unpaired) electrons. The Bertz CT molecular complexity index is 624.